The van der Waals surface area contributed by atoms with Crippen molar-refractivity contribution >= 4 is 27.4 Å². The fraction of sp³-hybridized carbons (Fsp3) is 0.462. The molecule has 1 heterocycles. The average molecular weight is 282 g/mol. The number of hydrogen-bond acceptors (Lipinski definition) is 2. The molecule has 1 aromatic carbocycles. The highest BCUT2D eigenvalue weighted by molar-refractivity contribution is 9.10. The van der Waals surface area contributed by atoms with E-state index >= 15 is 0 Å². The van der Waals surface area contributed by atoms with Crippen molar-refractivity contribution in [1.82, 2.24) is 0 Å². The molecule has 1 fully saturated rings. The average Bonchev–Trinajstić information content (AvgIpc) is 2.24. The molecule has 0 unspecified atom stereocenters. The molecule has 86 valence electrons. The summed E-state index contributed by atoms with van der Waals surface area (Å²) in [4.78, 5) is 14.1. The summed E-state index contributed by atoms with van der Waals surface area (Å²) < 4.78 is 1.07. The molecule has 1 aliphatic rings. The zero-order chi connectivity index (χ0) is 11.8. The van der Waals surface area contributed by atoms with Crippen molar-refractivity contribution in [3.63, 3.8) is 0 Å². The second-order valence-corrected chi connectivity index (χ2v) is 5.63. The van der Waals surface area contributed by atoms with Gasteiger partial charge in [0.05, 0.1) is 5.54 Å². The number of Topliss-reactive ketones (excluding diaryl/α,β-unsaturated/α-hetero) is 1. The fourth-order valence-corrected chi connectivity index (χ4v) is 2.47. The summed E-state index contributed by atoms with van der Waals surface area (Å²) in [5.74, 6) is 0.335. The number of rotatable bonds is 1. The largest absolute Gasteiger partial charge is 0.359 e. The maximum atomic E-state index is 11.9. The van der Waals surface area contributed by atoms with Gasteiger partial charge in [-0.2, -0.15) is 0 Å². The van der Waals surface area contributed by atoms with Crippen molar-refractivity contribution in [2.75, 3.05) is 11.4 Å². The number of hydrogen-bond donors (Lipinski definition) is 0. The highest BCUT2D eigenvalue weighted by Gasteiger charge is 2.37. The summed E-state index contributed by atoms with van der Waals surface area (Å²) in [5, 5.41) is 0. The first kappa shape index (κ1) is 11.6. The number of ketones is 1. The summed E-state index contributed by atoms with van der Waals surface area (Å²) >= 11 is 3.42. The van der Waals surface area contributed by atoms with E-state index in [1.165, 1.54) is 0 Å². The molecular formula is C13H16BrNO. The minimum absolute atomic E-state index is 0.335. The van der Waals surface area contributed by atoms with Gasteiger partial charge in [0.2, 0.25) is 0 Å². The third-order valence-corrected chi connectivity index (χ3v) is 3.81. The Morgan fingerprint density at radius 2 is 1.88 bits per heavy atom. The molecule has 0 amide bonds. The van der Waals surface area contributed by atoms with Crippen molar-refractivity contribution in [3.05, 3.63) is 28.7 Å². The van der Waals surface area contributed by atoms with Gasteiger partial charge in [-0.25, -0.2) is 0 Å². The predicted octanol–water partition coefficient (Wildman–Crippen LogP) is 3.40. The van der Waals surface area contributed by atoms with E-state index in [-0.39, 0.29) is 5.54 Å². The summed E-state index contributed by atoms with van der Waals surface area (Å²) in [6.07, 6.45) is 1.67. The van der Waals surface area contributed by atoms with Crippen LogP contribution in [0.1, 0.15) is 26.7 Å². The van der Waals surface area contributed by atoms with Crippen LogP contribution in [-0.4, -0.2) is 17.9 Å². The third-order valence-electron chi connectivity index (χ3n) is 3.28. The van der Waals surface area contributed by atoms with Crippen LogP contribution in [0.15, 0.2) is 28.7 Å². The molecule has 0 atom stereocenters. The molecule has 0 N–H and O–H groups in total. The number of benzene rings is 1. The molecule has 0 bridgehead atoms. The number of anilines is 1. The monoisotopic (exact) mass is 281 g/mol. The number of piperidine rings is 1. The molecule has 16 heavy (non-hydrogen) atoms. The first-order valence-corrected chi connectivity index (χ1v) is 6.37. The lowest BCUT2D eigenvalue weighted by molar-refractivity contribution is -0.124. The number of carbonyl (C=O) groups is 1. The first-order chi connectivity index (χ1) is 7.51. The van der Waals surface area contributed by atoms with Crippen molar-refractivity contribution in [2.45, 2.75) is 32.2 Å². The number of halogens is 1. The normalized spacial score (nSPS) is 19.9. The van der Waals surface area contributed by atoms with Crippen LogP contribution in [0.3, 0.4) is 0 Å². The second kappa shape index (κ2) is 4.21. The van der Waals surface area contributed by atoms with E-state index in [1.54, 1.807) is 0 Å². The lowest BCUT2D eigenvalue weighted by Crippen LogP contribution is -2.54. The molecule has 2 nitrogen and oxygen atoms in total. The van der Waals surface area contributed by atoms with Crippen molar-refractivity contribution in [2.24, 2.45) is 0 Å². The Kier molecular flexibility index (Phi) is 3.06. The zero-order valence-electron chi connectivity index (χ0n) is 9.66. The molecule has 1 aliphatic heterocycles. The Balaban J connectivity index is 2.32. The molecule has 1 saturated heterocycles. The molecule has 2 rings (SSSR count). The van der Waals surface area contributed by atoms with Crippen LogP contribution in [0, 0.1) is 0 Å². The van der Waals surface area contributed by atoms with Crippen LogP contribution in [0.2, 0.25) is 0 Å². The summed E-state index contributed by atoms with van der Waals surface area (Å²) in [7, 11) is 0. The lowest BCUT2D eigenvalue weighted by atomic mass is 9.88. The van der Waals surface area contributed by atoms with Gasteiger partial charge in [-0.15, -0.1) is 0 Å². The van der Waals surface area contributed by atoms with Crippen LogP contribution in [0.4, 0.5) is 5.69 Å². The quantitative estimate of drug-likeness (QED) is 0.787. The second-order valence-electron chi connectivity index (χ2n) is 4.71. The minimum Gasteiger partial charge on any atom is -0.359 e. The lowest BCUT2D eigenvalue weighted by Gasteiger charge is -2.42. The summed E-state index contributed by atoms with van der Waals surface area (Å²) in [6.45, 7) is 4.98. The van der Waals surface area contributed by atoms with Crippen LogP contribution < -0.4 is 4.90 Å². The van der Waals surface area contributed by atoms with Gasteiger partial charge >= 0.3 is 0 Å². The van der Waals surface area contributed by atoms with Crippen LogP contribution in [0.25, 0.3) is 0 Å². The Morgan fingerprint density at radius 3 is 2.50 bits per heavy atom. The van der Waals surface area contributed by atoms with Gasteiger partial charge in [0, 0.05) is 23.1 Å². The molecule has 0 aliphatic carbocycles. The van der Waals surface area contributed by atoms with Crippen LogP contribution >= 0.6 is 15.9 Å². The summed E-state index contributed by atoms with van der Waals surface area (Å²) in [6, 6.07) is 8.16. The van der Waals surface area contributed by atoms with Gasteiger partial charge < -0.3 is 4.90 Å². The van der Waals surface area contributed by atoms with E-state index in [1.807, 2.05) is 26.0 Å². The van der Waals surface area contributed by atoms with E-state index < -0.39 is 0 Å². The zero-order valence-corrected chi connectivity index (χ0v) is 11.3. The van der Waals surface area contributed by atoms with E-state index in [0.29, 0.717) is 12.2 Å². The molecule has 3 heteroatoms. The van der Waals surface area contributed by atoms with Crippen molar-refractivity contribution < 1.29 is 4.79 Å². The molecular weight excluding hydrogens is 266 g/mol. The third kappa shape index (κ3) is 2.01. The SMILES string of the molecule is CC1(C)C(=O)CCCN1c1ccc(Br)cc1. The molecule has 0 aromatic heterocycles. The van der Waals surface area contributed by atoms with Crippen LogP contribution in [-0.2, 0) is 4.79 Å². The van der Waals surface area contributed by atoms with Gasteiger partial charge in [0.1, 0.15) is 0 Å². The van der Waals surface area contributed by atoms with Gasteiger partial charge in [-0.1, -0.05) is 15.9 Å². The van der Waals surface area contributed by atoms with Gasteiger partial charge in [-0.3, -0.25) is 4.79 Å². The maximum absolute atomic E-state index is 11.9. The van der Waals surface area contributed by atoms with Crippen LogP contribution in [0.5, 0.6) is 0 Å². The molecule has 0 radical (unpaired) electrons. The van der Waals surface area contributed by atoms with E-state index in [0.717, 1.165) is 23.1 Å². The predicted molar refractivity (Wildman–Crippen MR) is 69.8 cm³/mol. The molecule has 0 saturated carbocycles. The van der Waals surface area contributed by atoms with Gasteiger partial charge in [0.25, 0.3) is 0 Å². The maximum Gasteiger partial charge on any atom is 0.157 e. The smallest absolute Gasteiger partial charge is 0.157 e. The Morgan fingerprint density at radius 1 is 1.25 bits per heavy atom. The first-order valence-electron chi connectivity index (χ1n) is 5.58. The number of carbonyl (C=O) groups excluding carboxylic acids is 1. The van der Waals surface area contributed by atoms with Crippen molar-refractivity contribution in [1.29, 1.82) is 0 Å². The van der Waals surface area contributed by atoms with E-state index in [9.17, 15) is 4.79 Å². The Bertz CT molecular complexity index is 397. The highest BCUT2D eigenvalue weighted by Crippen LogP contribution is 2.30. The minimum atomic E-state index is -0.369. The van der Waals surface area contributed by atoms with Crippen molar-refractivity contribution in [3.8, 4) is 0 Å². The fourth-order valence-electron chi connectivity index (χ4n) is 2.21. The van der Waals surface area contributed by atoms with Gasteiger partial charge in [0.15, 0.2) is 5.78 Å². The summed E-state index contributed by atoms with van der Waals surface area (Å²) in [5.41, 5.74) is 0.757. The standard InChI is InChI=1S/C13H16BrNO/c1-13(2)12(16)4-3-9-15(13)11-7-5-10(14)6-8-11/h5-8H,3-4,9H2,1-2H3. The molecule has 1 aromatic rings. The highest BCUT2D eigenvalue weighted by atomic mass is 79.9. The topological polar surface area (TPSA) is 20.3 Å². The van der Waals surface area contributed by atoms with Gasteiger partial charge in [-0.05, 0) is 44.5 Å². The van der Waals surface area contributed by atoms with E-state index in [4.69, 9.17) is 0 Å². The molecule has 0 spiro atoms. The number of nitrogens with zero attached hydrogens (tertiary/aromatic N) is 1. The Labute approximate surface area is 105 Å². The van der Waals surface area contributed by atoms with E-state index in [2.05, 4.69) is 33.0 Å². The Hall–Kier alpha value is -0.830.